The summed E-state index contributed by atoms with van der Waals surface area (Å²) < 4.78 is 39.1. The molecule has 1 N–H and O–H groups in total. The van der Waals surface area contributed by atoms with Gasteiger partial charge in [0.05, 0.1) is 30.2 Å². The number of hydrogen-bond acceptors (Lipinski definition) is 7. The highest BCUT2D eigenvalue weighted by molar-refractivity contribution is 9.10. The summed E-state index contributed by atoms with van der Waals surface area (Å²) in [5.74, 6) is -0.176. The molecule has 33 heavy (non-hydrogen) atoms. The second-order valence-corrected chi connectivity index (χ2v) is 9.00. The second kappa shape index (κ2) is 12.0. The first-order chi connectivity index (χ1) is 15.9. The average Bonchev–Trinajstić information content (AvgIpc) is 3.18. The normalized spacial score (nSPS) is 10.8. The molecule has 2 heterocycles. The molecule has 0 spiro atoms. The van der Waals surface area contributed by atoms with E-state index in [4.69, 9.17) is 9.47 Å². The number of thiophene rings is 1. The summed E-state index contributed by atoms with van der Waals surface area (Å²) in [6.07, 6.45) is 2.37. The summed E-state index contributed by atoms with van der Waals surface area (Å²) in [6, 6.07) is 6.15. The largest absolute Gasteiger partial charge is 0.493 e. The van der Waals surface area contributed by atoms with Crippen molar-refractivity contribution in [3.8, 4) is 16.3 Å². The fourth-order valence-electron chi connectivity index (χ4n) is 3.15. The molecular formula is C23H24BrF2N3O3S. The van der Waals surface area contributed by atoms with Crippen molar-refractivity contribution in [3.05, 3.63) is 57.1 Å². The highest BCUT2D eigenvalue weighted by Crippen LogP contribution is 2.37. The molecule has 6 nitrogen and oxygen atoms in total. The maximum atomic E-state index is 14.0. The van der Waals surface area contributed by atoms with Gasteiger partial charge in [-0.1, -0.05) is 15.9 Å². The Balaban J connectivity index is 1.69. The van der Waals surface area contributed by atoms with Gasteiger partial charge in [-0.2, -0.15) is 0 Å². The third kappa shape index (κ3) is 6.94. The summed E-state index contributed by atoms with van der Waals surface area (Å²) in [7, 11) is 0. The zero-order valence-corrected chi connectivity index (χ0v) is 20.7. The first-order valence-electron chi connectivity index (χ1n) is 10.5. The molecule has 2 aromatic heterocycles. The SMILES string of the molecule is CCOC(=O)CCc1sc(-c2cc(NCCc3c(F)cc(Br)cc3F)ncn2)cc1OCC. The molecule has 0 amide bonds. The molecule has 0 bridgehead atoms. The molecule has 0 aliphatic carbocycles. The Labute approximate surface area is 203 Å². The number of nitrogens with zero attached hydrogens (tertiary/aromatic N) is 2. The van der Waals surface area contributed by atoms with Gasteiger partial charge in [0.1, 0.15) is 29.5 Å². The van der Waals surface area contributed by atoms with Gasteiger partial charge in [0.15, 0.2) is 0 Å². The van der Waals surface area contributed by atoms with E-state index in [1.165, 1.54) is 29.8 Å². The number of rotatable bonds is 11. The third-order valence-corrected chi connectivity index (χ3v) is 6.29. The highest BCUT2D eigenvalue weighted by atomic mass is 79.9. The van der Waals surface area contributed by atoms with Gasteiger partial charge in [-0.25, -0.2) is 18.7 Å². The lowest BCUT2D eigenvalue weighted by Gasteiger charge is -2.08. The Morgan fingerprint density at radius 1 is 1.09 bits per heavy atom. The van der Waals surface area contributed by atoms with Crippen LogP contribution < -0.4 is 10.1 Å². The van der Waals surface area contributed by atoms with E-state index in [2.05, 4.69) is 31.2 Å². The van der Waals surface area contributed by atoms with Gasteiger partial charge >= 0.3 is 5.97 Å². The maximum Gasteiger partial charge on any atom is 0.306 e. The third-order valence-electron chi connectivity index (χ3n) is 4.64. The van der Waals surface area contributed by atoms with Crippen molar-refractivity contribution in [1.29, 1.82) is 0 Å². The maximum absolute atomic E-state index is 14.0. The lowest BCUT2D eigenvalue weighted by molar-refractivity contribution is -0.143. The standard InChI is InChI=1S/C23H24BrF2N3O3S/c1-3-31-19-12-21(33-20(19)5-6-23(30)32-4-2)18-11-22(29-13-28-18)27-8-7-15-16(25)9-14(24)10-17(15)26/h9-13H,3-8H2,1-2H3,(H,27,28,29). The molecule has 176 valence electrons. The van der Waals surface area contributed by atoms with Crippen LogP contribution in [0.2, 0.25) is 0 Å². The van der Waals surface area contributed by atoms with Crippen LogP contribution >= 0.6 is 27.3 Å². The van der Waals surface area contributed by atoms with Crippen molar-refractivity contribution in [2.45, 2.75) is 33.1 Å². The fraction of sp³-hybridized carbons (Fsp3) is 0.348. The van der Waals surface area contributed by atoms with E-state index in [1.807, 2.05) is 13.0 Å². The van der Waals surface area contributed by atoms with Crippen LogP contribution in [0.1, 0.15) is 30.7 Å². The van der Waals surface area contributed by atoms with E-state index in [0.717, 1.165) is 15.5 Å². The van der Waals surface area contributed by atoms with Crippen LogP contribution in [0.4, 0.5) is 14.6 Å². The number of esters is 1. The number of hydrogen-bond donors (Lipinski definition) is 1. The summed E-state index contributed by atoms with van der Waals surface area (Å²) >= 11 is 4.57. The number of benzene rings is 1. The van der Waals surface area contributed by atoms with Gasteiger partial charge in [0, 0.05) is 33.6 Å². The summed E-state index contributed by atoms with van der Waals surface area (Å²) in [4.78, 5) is 22.1. The van der Waals surface area contributed by atoms with Crippen LogP contribution in [-0.2, 0) is 22.4 Å². The predicted molar refractivity (Wildman–Crippen MR) is 128 cm³/mol. The summed E-state index contributed by atoms with van der Waals surface area (Å²) in [5.41, 5.74) is 0.702. The number of aromatic nitrogens is 2. The Bertz CT molecular complexity index is 1090. The molecular weight excluding hydrogens is 516 g/mol. The number of carbonyl (C=O) groups is 1. The smallest absolute Gasteiger partial charge is 0.306 e. The Morgan fingerprint density at radius 3 is 2.55 bits per heavy atom. The Morgan fingerprint density at radius 2 is 1.85 bits per heavy atom. The van der Waals surface area contributed by atoms with Gasteiger partial charge in [0.25, 0.3) is 0 Å². The van der Waals surface area contributed by atoms with Crippen molar-refractivity contribution in [2.24, 2.45) is 0 Å². The molecule has 0 saturated carbocycles. The van der Waals surface area contributed by atoms with E-state index >= 15 is 0 Å². The number of nitrogens with one attached hydrogen (secondary N) is 1. The summed E-state index contributed by atoms with van der Waals surface area (Å²) in [6.45, 7) is 4.83. The highest BCUT2D eigenvalue weighted by Gasteiger charge is 2.15. The number of carbonyl (C=O) groups excluding carboxylic acids is 1. The minimum absolute atomic E-state index is 0.0193. The van der Waals surface area contributed by atoms with E-state index in [9.17, 15) is 13.6 Å². The second-order valence-electron chi connectivity index (χ2n) is 6.95. The van der Waals surface area contributed by atoms with Crippen molar-refractivity contribution in [2.75, 3.05) is 25.1 Å². The number of aryl methyl sites for hydroxylation is 1. The molecule has 0 unspecified atom stereocenters. The Hall–Kier alpha value is -2.59. The lowest BCUT2D eigenvalue weighted by Crippen LogP contribution is -2.09. The van der Waals surface area contributed by atoms with Crippen molar-refractivity contribution in [3.63, 3.8) is 0 Å². The van der Waals surface area contributed by atoms with Crippen molar-refractivity contribution < 1.29 is 23.0 Å². The van der Waals surface area contributed by atoms with Crippen LogP contribution in [0.3, 0.4) is 0 Å². The molecule has 0 aliphatic rings. The average molecular weight is 540 g/mol. The van der Waals surface area contributed by atoms with Crippen molar-refractivity contribution >= 4 is 39.1 Å². The van der Waals surface area contributed by atoms with Gasteiger partial charge in [-0.15, -0.1) is 11.3 Å². The van der Waals surface area contributed by atoms with E-state index < -0.39 is 11.6 Å². The van der Waals surface area contributed by atoms with Gasteiger partial charge in [0.2, 0.25) is 0 Å². The summed E-state index contributed by atoms with van der Waals surface area (Å²) in [5, 5.41) is 3.09. The van der Waals surface area contributed by atoms with Crippen molar-refractivity contribution in [1.82, 2.24) is 9.97 Å². The van der Waals surface area contributed by atoms with Crippen LogP contribution in [0.5, 0.6) is 5.75 Å². The van der Waals surface area contributed by atoms with E-state index in [-0.39, 0.29) is 24.4 Å². The molecule has 3 aromatic rings. The monoisotopic (exact) mass is 539 g/mol. The van der Waals surface area contributed by atoms with Crippen LogP contribution in [0, 0.1) is 11.6 Å². The zero-order chi connectivity index (χ0) is 23.8. The number of anilines is 1. The molecule has 0 aliphatic heterocycles. The first-order valence-corrected chi connectivity index (χ1v) is 12.1. The molecule has 3 rings (SSSR count). The van der Waals surface area contributed by atoms with E-state index in [1.54, 1.807) is 13.0 Å². The van der Waals surface area contributed by atoms with Crippen LogP contribution in [0.25, 0.3) is 10.6 Å². The van der Waals surface area contributed by atoms with Gasteiger partial charge in [-0.3, -0.25) is 4.79 Å². The predicted octanol–water partition coefficient (Wildman–Crippen LogP) is 5.79. The lowest BCUT2D eigenvalue weighted by atomic mass is 10.1. The molecule has 10 heteroatoms. The first kappa shape index (κ1) is 25.0. The minimum atomic E-state index is -0.593. The molecule has 0 saturated heterocycles. The van der Waals surface area contributed by atoms with Crippen LogP contribution in [0.15, 0.2) is 35.1 Å². The number of halogens is 3. The fourth-order valence-corrected chi connectivity index (χ4v) is 4.63. The molecule has 1 aromatic carbocycles. The molecule has 0 radical (unpaired) electrons. The van der Waals surface area contributed by atoms with E-state index in [0.29, 0.717) is 42.2 Å². The quantitative estimate of drug-likeness (QED) is 0.310. The topological polar surface area (TPSA) is 73.3 Å². The number of ether oxygens (including phenoxy) is 2. The zero-order valence-electron chi connectivity index (χ0n) is 18.3. The van der Waals surface area contributed by atoms with Crippen LogP contribution in [-0.4, -0.2) is 35.7 Å². The molecule has 0 atom stereocenters. The van der Waals surface area contributed by atoms with Gasteiger partial charge in [-0.05, 0) is 38.8 Å². The Kier molecular flexibility index (Phi) is 9.13. The van der Waals surface area contributed by atoms with Gasteiger partial charge < -0.3 is 14.8 Å². The molecule has 0 fully saturated rings. The minimum Gasteiger partial charge on any atom is -0.493 e.